The number of fused-ring (bicyclic) bond motifs is 4. The Kier molecular flexibility index (Phi) is 15.7. The predicted molar refractivity (Wildman–Crippen MR) is 272 cm³/mol. The Morgan fingerprint density at radius 2 is 1.36 bits per heavy atom. The van der Waals surface area contributed by atoms with Crippen molar-refractivity contribution in [1.29, 1.82) is 0 Å². The lowest BCUT2D eigenvalue weighted by atomic mass is 9.96. The molecule has 2 saturated carbocycles. The number of amides is 1. The normalized spacial score (nSPS) is 19.4. The first kappa shape index (κ1) is 49.5. The van der Waals surface area contributed by atoms with Gasteiger partial charge in [-0.3, -0.25) is 19.3 Å². The van der Waals surface area contributed by atoms with Crippen LogP contribution in [0, 0.1) is 23.7 Å². The minimum atomic E-state index is -1.09. The molecule has 0 bridgehead atoms. The van der Waals surface area contributed by atoms with E-state index in [9.17, 15) is 14.7 Å². The zero-order chi connectivity index (χ0) is 48.8. The molecule has 2 aromatic carbocycles. The number of hydrogen-bond acceptors (Lipinski definition) is 10. The monoisotopic (exact) mass is 957 g/mol. The summed E-state index contributed by atoms with van der Waals surface area (Å²) in [6.07, 6.45) is 15.6. The fourth-order valence-corrected chi connectivity index (χ4v) is 10.5. The Morgan fingerprint density at radius 3 is 1.93 bits per heavy atom. The van der Waals surface area contributed by atoms with E-state index >= 15 is 0 Å². The Bertz CT molecular complexity index is 2630. The zero-order valence-electron chi connectivity index (χ0n) is 41.5. The first-order valence-electron chi connectivity index (χ1n) is 24.6. The second-order valence-electron chi connectivity index (χ2n) is 21.2. The van der Waals surface area contributed by atoms with Gasteiger partial charge in [-0.15, -0.1) is 0 Å². The first-order chi connectivity index (χ1) is 33.1. The van der Waals surface area contributed by atoms with Gasteiger partial charge in [-0.05, 0) is 133 Å². The van der Waals surface area contributed by atoms with E-state index in [2.05, 4.69) is 137 Å². The third-order valence-electron chi connectivity index (χ3n) is 13.9. The number of nitrogens with two attached hydrogens (primary N) is 1. The highest BCUT2D eigenvalue weighted by molar-refractivity contribution is 6.76. The number of aromatic nitrogens is 8. The predicted octanol–water partition coefficient (Wildman–Crippen LogP) is 7.77. The number of H-pyrrole nitrogens is 1. The van der Waals surface area contributed by atoms with E-state index in [-0.39, 0.29) is 23.7 Å². The van der Waals surface area contributed by atoms with Gasteiger partial charge in [0.1, 0.15) is 6.73 Å². The van der Waals surface area contributed by atoms with Crippen LogP contribution in [0.15, 0.2) is 85.5 Å². The molecule has 17 heteroatoms. The average molecular weight is 957 g/mol. The maximum absolute atomic E-state index is 12.9. The standard InChI is InChI=1S/C23H28N6O.C15H24N2O3Si.C14H20N4/c1-28(2)9-8-21(15-6-4-3-5-7-15)29-14-18(13-24-29)25-23(30)22-19-11-16-10-17(16)12-20(19)26-27-22;1-21(2,3)5-4-20-9-17-13-8-11-6-10(11)7-12(13)14(16-17)15(18)19;1-17(2)9-8-14(12-6-4-3-5-7-12)18-11-13(15)10-16-18/h3-7,13-14,16-17,21H,8-12H2,1-2H3,(H,25,30)(H,26,27);10-11H,4-9H2,1-3H3,(H,18,19);3-7,10-11,14H,8-9,15H2,1-2H3. The Balaban J connectivity index is 0.000000146. The smallest absolute Gasteiger partial charge is 0.356 e. The molecule has 0 aliphatic heterocycles. The first-order valence-corrected chi connectivity index (χ1v) is 28.3. The minimum absolute atomic E-state index is 0.115. The van der Waals surface area contributed by atoms with Gasteiger partial charge >= 0.3 is 5.97 Å². The van der Waals surface area contributed by atoms with Crippen LogP contribution in [0.4, 0.5) is 11.4 Å². The van der Waals surface area contributed by atoms with Gasteiger partial charge in [0.15, 0.2) is 11.4 Å². The molecule has 2 fully saturated rings. The van der Waals surface area contributed by atoms with Gasteiger partial charge in [0.2, 0.25) is 0 Å². The van der Waals surface area contributed by atoms with Gasteiger partial charge in [-0.2, -0.15) is 20.4 Å². The van der Waals surface area contributed by atoms with Crippen molar-refractivity contribution in [1.82, 2.24) is 49.3 Å². The van der Waals surface area contributed by atoms with Gasteiger partial charge in [0, 0.05) is 49.6 Å². The largest absolute Gasteiger partial charge is 0.476 e. The Morgan fingerprint density at radius 1 is 0.797 bits per heavy atom. The van der Waals surface area contributed by atoms with Crippen LogP contribution < -0.4 is 11.1 Å². The minimum Gasteiger partial charge on any atom is -0.476 e. The highest BCUT2D eigenvalue weighted by Gasteiger charge is 2.45. The topological polar surface area (TPSA) is 190 Å². The number of carboxylic acid groups (broad SMARTS) is 1. The van der Waals surface area contributed by atoms with E-state index in [1.807, 2.05) is 33.9 Å². The lowest BCUT2D eigenvalue weighted by Crippen LogP contribution is -2.22. The number of carboxylic acids is 1. The summed E-state index contributed by atoms with van der Waals surface area (Å²) in [4.78, 5) is 28.6. The van der Waals surface area contributed by atoms with E-state index in [4.69, 9.17) is 10.5 Å². The van der Waals surface area contributed by atoms with Crippen LogP contribution in [0.25, 0.3) is 0 Å². The van der Waals surface area contributed by atoms with Crippen molar-refractivity contribution in [2.75, 3.05) is 58.9 Å². The molecule has 6 aromatic rings. The lowest BCUT2D eigenvalue weighted by Gasteiger charge is -2.20. The van der Waals surface area contributed by atoms with E-state index in [1.165, 1.54) is 24.0 Å². The molecule has 0 saturated heterocycles. The quantitative estimate of drug-likeness (QED) is 0.0487. The summed E-state index contributed by atoms with van der Waals surface area (Å²) in [5, 5.41) is 32.9. The number of aromatic carboxylic acids is 1. The maximum Gasteiger partial charge on any atom is 0.356 e. The van der Waals surface area contributed by atoms with Crippen molar-refractivity contribution >= 4 is 31.3 Å². The van der Waals surface area contributed by atoms with E-state index in [0.29, 0.717) is 29.7 Å². The number of hydrogen-bond donors (Lipinski definition) is 4. The second kappa shape index (κ2) is 21.8. The summed E-state index contributed by atoms with van der Waals surface area (Å²) >= 11 is 0. The molecule has 368 valence electrons. The number of benzene rings is 2. The molecular formula is C52H72N12O4Si. The number of nitrogens with one attached hydrogen (secondary N) is 2. The molecule has 10 rings (SSSR count). The summed E-state index contributed by atoms with van der Waals surface area (Å²) in [6, 6.07) is 22.3. The van der Waals surface area contributed by atoms with Crippen molar-refractivity contribution in [2.45, 2.75) is 95.9 Å². The number of carbonyl (C=O) groups excluding carboxylic acids is 1. The molecule has 4 heterocycles. The highest BCUT2D eigenvalue weighted by Crippen LogP contribution is 2.49. The molecule has 69 heavy (non-hydrogen) atoms. The SMILES string of the molecule is CN(C)CCC(c1ccccc1)n1cc(N)cn1.CN(C)CCC(c1ccccc1)n1cc(NC(=O)c2n[nH]c3c2CC2CC2C3)cn1.C[Si](C)(C)CCOCn1nc(C(=O)O)c2c1CC1CC1C2. The zero-order valence-corrected chi connectivity index (χ0v) is 42.5. The van der Waals surface area contributed by atoms with Crippen molar-refractivity contribution in [3.8, 4) is 0 Å². The summed E-state index contributed by atoms with van der Waals surface area (Å²) < 4.78 is 11.4. The third kappa shape index (κ3) is 13.1. The molecule has 6 unspecified atom stereocenters. The van der Waals surface area contributed by atoms with Crippen LogP contribution in [0.5, 0.6) is 0 Å². The molecule has 4 aromatic heterocycles. The van der Waals surface area contributed by atoms with Crippen molar-refractivity contribution in [3.63, 3.8) is 0 Å². The molecule has 4 aliphatic rings. The summed E-state index contributed by atoms with van der Waals surface area (Å²) in [5.74, 6) is 1.91. The number of ether oxygens (including phenoxy) is 1. The Hall–Kier alpha value is -5.88. The fraction of sp³-hybridized carbons (Fsp3) is 0.500. The Labute approximate surface area is 407 Å². The summed E-state index contributed by atoms with van der Waals surface area (Å²) in [6.45, 7) is 10.0. The van der Waals surface area contributed by atoms with Crippen molar-refractivity contribution in [3.05, 3.63) is 130 Å². The van der Waals surface area contributed by atoms with Gasteiger partial charge in [-0.1, -0.05) is 80.3 Å². The molecule has 0 spiro atoms. The molecule has 1 amide bonds. The molecule has 4 aliphatic carbocycles. The van der Waals surface area contributed by atoms with Gasteiger partial charge in [-0.25, -0.2) is 9.48 Å². The highest BCUT2D eigenvalue weighted by atomic mass is 28.3. The molecule has 0 radical (unpaired) electrons. The maximum atomic E-state index is 12.9. The summed E-state index contributed by atoms with van der Waals surface area (Å²) in [5.41, 5.74) is 14.7. The number of aromatic amines is 1. The third-order valence-corrected chi connectivity index (χ3v) is 15.6. The van der Waals surface area contributed by atoms with Gasteiger partial charge < -0.3 is 30.7 Å². The van der Waals surface area contributed by atoms with Crippen LogP contribution in [-0.2, 0) is 37.2 Å². The second-order valence-corrected chi connectivity index (χ2v) is 26.9. The van der Waals surface area contributed by atoms with Crippen LogP contribution in [0.2, 0.25) is 25.7 Å². The van der Waals surface area contributed by atoms with Crippen LogP contribution in [0.1, 0.15) is 92.4 Å². The number of anilines is 2. The van der Waals surface area contributed by atoms with Crippen molar-refractivity contribution < 1.29 is 19.4 Å². The lowest BCUT2D eigenvalue weighted by molar-refractivity contribution is 0.0668. The molecule has 5 N–H and O–H groups in total. The van der Waals surface area contributed by atoms with Crippen LogP contribution in [-0.4, -0.2) is 122 Å². The van der Waals surface area contributed by atoms with E-state index in [1.54, 1.807) is 17.1 Å². The average Bonchev–Trinajstić information content (AvgIpc) is 3.97. The van der Waals surface area contributed by atoms with E-state index < -0.39 is 14.0 Å². The van der Waals surface area contributed by atoms with E-state index in [0.717, 1.165) is 105 Å². The number of carbonyl (C=O) groups is 2. The molecule has 16 nitrogen and oxygen atoms in total. The fourth-order valence-electron chi connectivity index (χ4n) is 9.72. The summed E-state index contributed by atoms with van der Waals surface area (Å²) in [7, 11) is 7.23. The molecular weight excluding hydrogens is 885 g/mol. The van der Waals surface area contributed by atoms with Crippen molar-refractivity contribution in [2.24, 2.45) is 23.7 Å². The number of nitrogen functional groups attached to an aromatic ring is 1. The van der Waals surface area contributed by atoms with Gasteiger partial charge in [0.25, 0.3) is 5.91 Å². The van der Waals surface area contributed by atoms with Crippen LogP contribution in [0.3, 0.4) is 0 Å². The number of rotatable bonds is 18. The number of nitrogens with zero attached hydrogens (tertiary/aromatic N) is 9. The van der Waals surface area contributed by atoms with Crippen LogP contribution >= 0.6 is 0 Å². The molecule has 6 atom stereocenters. The van der Waals surface area contributed by atoms with Gasteiger partial charge in [0.05, 0.1) is 35.9 Å².